The van der Waals surface area contributed by atoms with Crippen molar-refractivity contribution < 1.29 is 4.79 Å². The Morgan fingerprint density at radius 3 is 2.88 bits per heavy atom. The molecule has 3 heterocycles. The standard InChI is InChI=1S/C23H16Cl2N6O/c24-16-7-9-26-21(11-16)31-13-17(29-30-31)12-28-23(32)19-10-15(4-5-20(19)25)18-3-1-2-14-6-8-27-22(14)18/h1-11,13,27H,12H2,(H,28,32). The lowest BCUT2D eigenvalue weighted by Gasteiger charge is -2.09. The van der Waals surface area contributed by atoms with Gasteiger partial charge >= 0.3 is 0 Å². The highest BCUT2D eigenvalue weighted by atomic mass is 35.5. The van der Waals surface area contributed by atoms with Crippen LogP contribution in [0.4, 0.5) is 0 Å². The molecule has 0 atom stereocenters. The van der Waals surface area contributed by atoms with Crippen molar-refractivity contribution in [3.8, 4) is 16.9 Å². The Morgan fingerprint density at radius 1 is 1.09 bits per heavy atom. The van der Waals surface area contributed by atoms with Gasteiger partial charge in [-0.2, -0.15) is 0 Å². The summed E-state index contributed by atoms with van der Waals surface area (Å²) in [6, 6.07) is 16.8. The Balaban J connectivity index is 1.35. The monoisotopic (exact) mass is 462 g/mol. The number of fused-ring (bicyclic) bond motifs is 1. The first-order valence-electron chi connectivity index (χ1n) is 9.76. The third-order valence-electron chi connectivity index (χ3n) is 5.02. The second-order valence-electron chi connectivity index (χ2n) is 7.11. The maximum Gasteiger partial charge on any atom is 0.253 e. The topological polar surface area (TPSA) is 88.5 Å². The molecule has 32 heavy (non-hydrogen) atoms. The van der Waals surface area contributed by atoms with Crippen molar-refractivity contribution in [2.24, 2.45) is 0 Å². The van der Waals surface area contributed by atoms with Crippen molar-refractivity contribution in [1.29, 1.82) is 0 Å². The van der Waals surface area contributed by atoms with Crippen LogP contribution in [0, 0.1) is 0 Å². The molecule has 0 saturated heterocycles. The molecule has 0 aliphatic carbocycles. The molecule has 0 saturated carbocycles. The van der Waals surface area contributed by atoms with E-state index in [4.69, 9.17) is 23.2 Å². The van der Waals surface area contributed by atoms with Gasteiger partial charge in [0.25, 0.3) is 5.91 Å². The lowest BCUT2D eigenvalue weighted by molar-refractivity contribution is 0.0950. The average Bonchev–Trinajstić information content (AvgIpc) is 3.47. The van der Waals surface area contributed by atoms with E-state index in [1.165, 1.54) is 4.68 Å². The van der Waals surface area contributed by atoms with Gasteiger partial charge in [-0.1, -0.05) is 52.7 Å². The number of hydrogen-bond acceptors (Lipinski definition) is 4. The first-order chi connectivity index (χ1) is 15.6. The molecule has 158 valence electrons. The van der Waals surface area contributed by atoms with Gasteiger partial charge in [0.2, 0.25) is 0 Å². The van der Waals surface area contributed by atoms with Crippen molar-refractivity contribution in [2.45, 2.75) is 6.54 Å². The number of benzene rings is 2. The van der Waals surface area contributed by atoms with E-state index in [9.17, 15) is 4.79 Å². The minimum Gasteiger partial charge on any atom is -0.361 e. The quantitative estimate of drug-likeness (QED) is 0.382. The molecule has 3 aromatic heterocycles. The summed E-state index contributed by atoms with van der Waals surface area (Å²) >= 11 is 12.3. The number of halogens is 2. The molecule has 0 bridgehead atoms. The van der Waals surface area contributed by atoms with Crippen molar-refractivity contribution in [3.63, 3.8) is 0 Å². The predicted octanol–water partition coefficient (Wildman–Crippen LogP) is 5.05. The number of aromatic nitrogens is 5. The maximum atomic E-state index is 12.9. The van der Waals surface area contributed by atoms with E-state index in [0.717, 1.165) is 22.0 Å². The van der Waals surface area contributed by atoms with Crippen LogP contribution in [0.1, 0.15) is 16.1 Å². The minimum atomic E-state index is -0.300. The second-order valence-corrected chi connectivity index (χ2v) is 7.96. The molecule has 5 aromatic rings. The maximum absolute atomic E-state index is 12.9. The zero-order valence-corrected chi connectivity index (χ0v) is 18.1. The fraction of sp³-hybridized carbons (Fsp3) is 0.0435. The number of pyridine rings is 1. The van der Waals surface area contributed by atoms with Crippen molar-refractivity contribution >= 4 is 40.0 Å². The summed E-state index contributed by atoms with van der Waals surface area (Å²) in [5.74, 6) is 0.239. The van der Waals surface area contributed by atoms with Crippen LogP contribution < -0.4 is 5.32 Å². The number of aromatic amines is 1. The normalized spacial score (nSPS) is 11.1. The summed E-state index contributed by atoms with van der Waals surface area (Å²) in [5.41, 5.74) is 3.85. The summed E-state index contributed by atoms with van der Waals surface area (Å²) in [5, 5.41) is 13.0. The lowest BCUT2D eigenvalue weighted by Crippen LogP contribution is -2.23. The van der Waals surface area contributed by atoms with Crippen molar-refractivity contribution in [3.05, 3.63) is 94.5 Å². The van der Waals surface area contributed by atoms with E-state index < -0.39 is 0 Å². The smallest absolute Gasteiger partial charge is 0.253 e. The molecule has 0 spiro atoms. The summed E-state index contributed by atoms with van der Waals surface area (Å²) in [6.07, 6.45) is 5.16. The summed E-state index contributed by atoms with van der Waals surface area (Å²) in [7, 11) is 0. The summed E-state index contributed by atoms with van der Waals surface area (Å²) in [4.78, 5) is 20.3. The Morgan fingerprint density at radius 2 is 2.00 bits per heavy atom. The third kappa shape index (κ3) is 3.95. The first-order valence-corrected chi connectivity index (χ1v) is 10.5. The van der Waals surface area contributed by atoms with Crippen LogP contribution in [0.5, 0.6) is 0 Å². The Bertz CT molecular complexity index is 1440. The van der Waals surface area contributed by atoms with E-state index in [1.54, 1.807) is 36.7 Å². The molecule has 2 N–H and O–H groups in total. The van der Waals surface area contributed by atoms with Gasteiger partial charge < -0.3 is 10.3 Å². The fourth-order valence-corrected chi connectivity index (χ4v) is 3.83. The van der Waals surface area contributed by atoms with Crippen LogP contribution in [0.25, 0.3) is 27.8 Å². The fourth-order valence-electron chi connectivity index (χ4n) is 3.47. The van der Waals surface area contributed by atoms with E-state index in [2.05, 4.69) is 25.6 Å². The molecular weight excluding hydrogens is 447 g/mol. The highest BCUT2D eigenvalue weighted by Crippen LogP contribution is 2.30. The predicted molar refractivity (Wildman–Crippen MR) is 124 cm³/mol. The Kier molecular flexibility index (Phi) is 5.34. The number of H-pyrrole nitrogens is 1. The second kappa shape index (κ2) is 8.45. The minimum absolute atomic E-state index is 0.187. The zero-order chi connectivity index (χ0) is 22.1. The number of amides is 1. The molecule has 0 radical (unpaired) electrons. The van der Waals surface area contributed by atoms with Gasteiger partial charge in [-0.25, -0.2) is 9.67 Å². The summed E-state index contributed by atoms with van der Waals surface area (Å²) < 4.78 is 1.50. The van der Waals surface area contributed by atoms with Gasteiger partial charge in [0.05, 0.1) is 28.8 Å². The Hall–Kier alpha value is -3.68. The number of carbonyl (C=O) groups is 1. The zero-order valence-electron chi connectivity index (χ0n) is 16.6. The number of para-hydroxylation sites is 1. The van der Waals surface area contributed by atoms with E-state index in [0.29, 0.717) is 27.1 Å². The van der Waals surface area contributed by atoms with Crippen molar-refractivity contribution in [2.75, 3.05) is 0 Å². The largest absolute Gasteiger partial charge is 0.361 e. The van der Waals surface area contributed by atoms with Crippen LogP contribution >= 0.6 is 23.2 Å². The molecule has 0 unspecified atom stereocenters. The molecule has 0 fully saturated rings. The van der Waals surface area contributed by atoms with Gasteiger partial charge in [-0.15, -0.1) is 5.10 Å². The van der Waals surface area contributed by atoms with Gasteiger partial charge in [-0.05, 0) is 35.2 Å². The Labute approximate surface area is 193 Å². The molecule has 0 aliphatic heterocycles. The van der Waals surface area contributed by atoms with Crippen molar-refractivity contribution in [1.82, 2.24) is 30.3 Å². The van der Waals surface area contributed by atoms with Gasteiger partial charge in [0.15, 0.2) is 5.82 Å². The number of carbonyl (C=O) groups excluding carboxylic acids is 1. The van der Waals surface area contributed by atoms with Crippen LogP contribution in [0.15, 0.2) is 73.2 Å². The average molecular weight is 463 g/mol. The summed E-state index contributed by atoms with van der Waals surface area (Å²) in [6.45, 7) is 0.187. The molecule has 5 rings (SSSR count). The number of nitrogens with zero attached hydrogens (tertiary/aromatic N) is 4. The number of nitrogens with one attached hydrogen (secondary N) is 2. The SMILES string of the molecule is O=C(NCc1cn(-c2cc(Cl)ccn2)nn1)c1cc(-c2cccc3cc[nH]c23)ccc1Cl. The highest BCUT2D eigenvalue weighted by Gasteiger charge is 2.14. The third-order valence-corrected chi connectivity index (χ3v) is 5.59. The number of rotatable bonds is 5. The molecule has 2 aromatic carbocycles. The lowest BCUT2D eigenvalue weighted by atomic mass is 10.0. The molecule has 0 aliphatic rings. The molecular formula is C23H16Cl2N6O. The number of hydrogen-bond donors (Lipinski definition) is 2. The van der Waals surface area contributed by atoms with E-state index in [1.807, 2.05) is 36.5 Å². The van der Waals surface area contributed by atoms with E-state index >= 15 is 0 Å². The molecule has 9 heteroatoms. The van der Waals surface area contributed by atoms with Gasteiger partial charge in [0.1, 0.15) is 5.69 Å². The highest BCUT2D eigenvalue weighted by molar-refractivity contribution is 6.34. The molecule has 1 amide bonds. The van der Waals surface area contributed by atoms with Gasteiger partial charge in [0, 0.05) is 29.0 Å². The van der Waals surface area contributed by atoms with Crippen LogP contribution in [0.3, 0.4) is 0 Å². The van der Waals surface area contributed by atoms with E-state index in [-0.39, 0.29) is 12.5 Å². The molecule has 7 nitrogen and oxygen atoms in total. The van der Waals surface area contributed by atoms with Gasteiger partial charge in [-0.3, -0.25) is 4.79 Å². The van der Waals surface area contributed by atoms with Crippen LogP contribution in [0.2, 0.25) is 10.0 Å². The van der Waals surface area contributed by atoms with Crippen LogP contribution in [-0.2, 0) is 6.54 Å². The first kappa shape index (κ1) is 20.2. The van der Waals surface area contributed by atoms with Crippen LogP contribution in [-0.4, -0.2) is 30.9 Å².